The maximum atomic E-state index is 12.8. The van der Waals surface area contributed by atoms with E-state index in [-0.39, 0.29) is 23.5 Å². The zero-order valence-corrected chi connectivity index (χ0v) is 16.6. The topological polar surface area (TPSA) is 91.4 Å². The van der Waals surface area contributed by atoms with Crippen LogP contribution in [0.1, 0.15) is 39.7 Å². The SMILES string of the molecule is CCOC(=O)[C@@H]1CCCN(c2nc3c(c(=O)n(C)c(=O)n3C)n2C(C)C)C1. The minimum absolute atomic E-state index is 0.0295. The molecule has 0 radical (unpaired) electrons. The summed E-state index contributed by atoms with van der Waals surface area (Å²) >= 11 is 0. The van der Waals surface area contributed by atoms with Gasteiger partial charge in [0, 0.05) is 33.2 Å². The smallest absolute Gasteiger partial charge is 0.332 e. The molecule has 0 unspecified atom stereocenters. The number of fused-ring (bicyclic) bond motifs is 1. The molecule has 9 heteroatoms. The largest absolute Gasteiger partial charge is 0.466 e. The first-order valence-corrected chi connectivity index (χ1v) is 9.37. The van der Waals surface area contributed by atoms with E-state index in [9.17, 15) is 14.4 Å². The third kappa shape index (κ3) is 3.15. The molecule has 0 bridgehead atoms. The second kappa shape index (κ2) is 7.21. The maximum absolute atomic E-state index is 12.8. The molecule has 0 aliphatic carbocycles. The van der Waals surface area contributed by atoms with Gasteiger partial charge in [0.05, 0.1) is 12.5 Å². The number of imidazole rings is 1. The summed E-state index contributed by atoms with van der Waals surface area (Å²) in [5.74, 6) is 0.204. The molecule has 3 rings (SSSR count). The number of hydrogen-bond acceptors (Lipinski definition) is 6. The number of hydrogen-bond donors (Lipinski definition) is 0. The van der Waals surface area contributed by atoms with Gasteiger partial charge in [0.15, 0.2) is 11.2 Å². The van der Waals surface area contributed by atoms with Crippen LogP contribution in [-0.2, 0) is 23.6 Å². The van der Waals surface area contributed by atoms with Crippen LogP contribution in [0.25, 0.3) is 11.2 Å². The molecule has 0 N–H and O–H groups in total. The summed E-state index contributed by atoms with van der Waals surface area (Å²) in [6.07, 6.45) is 1.61. The van der Waals surface area contributed by atoms with Crippen molar-refractivity contribution >= 4 is 23.1 Å². The summed E-state index contributed by atoms with van der Waals surface area (Å²) in [4.78, 5) is 43.9. The third-order valence-corrected chi connectivity index (χ3v) is 5.11. The highest BCUT2D eigenvalue weighted by Crippen LogP contribution is 2.28. The number of rotatable bonds is 4. The van der Waals surface area contributed by atoms with E-state index in [1.807, 2.05) is 23.3 Å². The van der Waals surface area contributed by atoms with E-state index >= 15 is 0 Å². The number of ether oxygens (including phenoxy) is 1. The molecule has 0 spiro atoms. The number of carbonyl (C=O) groups excluding carboxylic acids is 1. The van der Waals surface area contributed by atoms with Crippen LogP contribution in [-0.4, -0.2) is 44.4 Å². The highest BCUT2D eigenvalue weighted by molar-refractivity contribution is 5.76. The summed E-state index contributed by atoms with van der Waals surface area (Å²) in [6, 6.07) is -0.0295. The monoisotopic (exact) mass is 377 g/mol. The minimum Gasteiger partial charge on any atom is -0.466 e. The lowest BCUT2D eigenvalue weighted by Crippen LogP contribution is -2.41. The number of carbonyl (C=O) groups is 1. The van der Waals surface area contributed by atoms with Gasteiger partial charge in [-0.05, 0) is 33.6 Å². The van der Waals surface area contributed by atoms with Crippen LogP contribution in [0.5, 0.6) is 0 Å². The van der Waals surface area contributed by atoms with E-state index in [0.717, 1.165) is 24.0 Å². The van der Waals surface area contributed by atoms with E-state index in [1.54, 1.807) is 14.0 Å². The van der Waals surface area contributed by atoms with Crippen LogP contribution in [0.3, 0.4) is 0 Å². The van der Waals surface area contributed by atoms with Gasteiger partial charge in [-0.15, -0.1) is 0 Å². The second-order valence-electron chi connectivity index (χ2n) is 7.29. The Bertz CT molecular complexity index is 984. The summed E-state index contributed by atoms with van der Waals surface area (Å²) in [6.45, 7) is 7.33. The lowest BCUT2D eigenvalue weighted by molar-refractivity contribution is -0.148. The van der Waals surface area contributed by atoms with Crippen molar-refractivity contribution in [3.05, 3.63) is 20.8 Å². The number of aromatic nitrogens is 4. The van der Waals surface area contributed by atoms with E-state index in [0.29, 0.717) is 30.3 Å². The van der Waals surface area contributed by atoms with E-state index < -0.39 is 5.69 Å². The molecule has 0 amide bonds. The summed E-state index contributed by atoms with van der Waals surface area (Å²) in [5.41, 5.74) is 0.00270. The molecule has 3 heterocycles. The van der Waals surface area contributed by atoms with Crippen molar-refractivity contribution < 1.29 is 9.53 Å². The van der Waals surface area contributed by atoms with Crippen LogP contribution in [0.15, 0.2) is 9.59 Å². The van der Waals surface area contributed by atoms with E-state index in [2.05, 4.69) is 4.98 Å². The Hall–Kier alpha value is -2.58. The molecule has 1 fully saturated rings. The van der Waals surface area contributed by atoms with Gasteiger partial charge in [0.2, 0.25) is 5.95 Å². The van der Waals surface area contributed by atoms with Crippen molar-refractivity contribution in [3.63, 3.8) is 0 Å². The zero-order chi connectivity index (χ0) is 19.9. The van der Waals surface area contributed by atoms with Gasteiger partial charge in [-0.25, -0.2) is 4.79 Å². The number of nitrogens with zero attached hydrogens (tertiary/aromatic N) is 5. The van der Waals surface area contributed by atoms with Crippen LogP contribution in [0.2, 0.25) is 0 Å². The molecule has 148 valence electrons. The Morgan fingerprint density at radius 2 is 1.96 bits per heavy atom. The predicted molar refractivity (Wildman–Crippen MR) is 102 cm³/mol. The van der Waals surface area contributed by atoms with Crippen LogP contribution < -0.4 is 16.1 Å². The van der Waals surface area contributed by atoms with E-state index in [4.69, 9.17) is 4.74 Å². The lowest BCUT2D eigenvalue weighted by atomic mass is 9.98. The molecule has 9 nitrogen and oxygen atoms in total. The lowest BCUT2D eigenvalue weighted by Gasteiger charge is -2.33. The molecule has 2 aromatic rings. The number of aryl methyl sites for hydroxylation is 1. The number of anilines is 1. The molecule has 1 atom stereocenters. The Morgan fingerprint density at radius 1 is 1.26 bits per heavy atom. The van der Waals surface area contributed by atoms with Crippen molar-refractivity contribution in [2.75, 3.05) is 24.6 Å². The quantitative estimate of drug-likeness (QED) is 0.732. The van der Waals surface area contributed by atoms with Crippen LogP contribution in [0.4, 0.5) is 5.95 Å². The highest BCUT2D eigenvalue weighted by atomic mass is 16.5. The first-order valence-electron chi connectivity index (χ1n) is 9.37. The molecule has 0 aromatic carbocycles. The van der Waals surface area contributed by atoms with Crippen molar-refractivity contribution in [3.8, 4) is 0 Å². The Balaban J connectivity index is 2.14. The van der Waals surface area contributed by atoms with Crippen molar-refractivity contribution in [2.24, 2.45) is 20.0 Å². The first kappa shape index (κ1) is 19.2. The molecule has 0 saturated carbocycles. The molecule has 2 aromatic heterocycles. The maximum Gasteiger partial charge on any atom is 0.332 e. The minimum atomic E-state index is -0.407. The van der Waals surface area contributed by atoms with Gasteiger partial charge in [0.1, 0.15) is 0 Å². The van der Waals surface area contributed by atoms with E-state index in [1.165, 1.54) is 11.6 Å². The fourth-order valence-corrected chi connectivity index (χ4v) is 3.73. The second-order valence-corrected chi connectivity index (χ2v) is 7.29. The summed E-state index contributed by atoms with van der Waals surface area (Å²) in [7, 11) is 3.09. The average molecular weight is 377 g/mol. The predicted octanol–water partition coefficient (Wildman–Crippen LogP) is 0.794. The molecule has 27 heavy (non-hydrogen) atoms. The standard InChI is InChI=1S/C18H27N5O4/c1-6-27-16(25)12-8-7-9-22(10-12)17-19-14-13(23(17)11(2)3)15(24)21(5)18(26)20(14)4/h11-12H,6-10H2,1-5H3/t12-/m1/s1. The molecular weight excluding hydrogens is 350 g/mol. The fourth-order valence-electron chi connectivity index (χ4n) is 3.73. The van der Waals surface area contributed by atoms with Crippen molar-refractivity contribution in [1.82, 2.24) is 18.7 Å². The average Bonchev–Trinajstić information content (AvgIpc) is 3.06. The van der Waals surface area contributed by atoms with Gasteiger partial charge in [-0.1, -0.05) is 0 Å². The Labute approximate surface area is 157 Å². The van der Waals surface area contributed by atoms with Gasteiger partial charge >= 0.3 is 11.7 Å². The summed E-state index contributed by atoms with van der Waals surface area (Å²) in [5, 5.41) is 0. The van der Waals surface area contributed by atoms with Gasteiger partial charge in [-0.3, -0.25) is 18.7 Å². The molecular formula is C18H27N5O4. The van der Waals surface area contributed by atoms with Gasteiger partial charge < -0.3 is 14.2 Å². The highest BCUT2D eigenvalue weighted by Gasteiger charge is 2.31. The normalized spacial score (nSPS) is 17.7. The first-order chi connectivity index (χ1) is 12.8. The molecule has 1 aliphatic heterocycles. The Morgan fingerprint density at radius 3 is 2.59 bits per heavy atom. The van der Waals surface area contributed by atoms with Crippen LogP contribution in [0, 0.1) is 5.92 Å². The summed E-state index contributed by atoms with van der Waals surface area (Å²) < 4.78 is 9.54. The van der Waals surface area contributed by atoms with Crippen LogP contribution >= 0.6 is 0 Å². The van der Waals surface area contributed by atoms with Crippen molar-refractivity contribution in [2.45, 2.75) is 39.7 Å². The van der Waals surface area contributed by atoms with Gasteiger partial charge in [-0.2, -0.15) is 4.98 Å². The van der Waals surface area contributed by atoms with Crippen molar-refractivity contribution in [1.29, 1.82) is 0 Å². The third-order valence-electron chi connectivity index (χ3n) is 5.11. The Kier molecular flexibility index (Phi) is 5.12. The number of esters is 1. The molecule has 1 aliphatic rings. The number of piperidine rings is 1. The molecule has 1 saturated heterocycles. The zero-order valence-electron chi connectivity index (χ0n) is 16.6. The fraction of sp³-hybridized carbons (Fsp3) is 0.667. The van der Waals surface area contributed by atoms with Gasteiger partial charge in [0.25, 0.3) is 5.56 Å².